The normalized spacial score (nSPS) is 11.1. The van der Waals surface area contributed by atoms with Gasteiger partial charge in [0, 0.05) is 5.69 Å². The van der Waals surface area contributed by atoms with Crippen molar-refractivity contribution in [1.82, 2.24) is 4.98 Å². The van der Waals surface area contributed by atoms with E-state index in [4.69, 9.17) is 4.74 Å². The third kappa shape index (κ3) is 3.27. The molecule has 0 saturated heterocycles. The van der Waals surface area contributed by atoms with Gasteiger partial charge in [0.2, 0.25) is 0 Å². The third-order valence-electron chi connectivity index (χ3n) is 2.78. The van der Waals surface area contributed by atoms with E-state index in [9.17, 15) is 8.42 Å². The first-order chi connectivity index (χ1) is 9.55. The molecule has 0 aliphatic carbocycles. The van der Waals surface area contributed by atoms with Gasteiger partial charge in [-0.05, 0) is 42.8 Å². The lowest BCUT2D eigenvalue weighted by Crippen LogP contribution is -2.14. The standard InChI is InChI=1S/C14H16N2O3S/c1-3-11-5-4-6-14(15-11)16-20(17,18)13-9-7-12(19-2)8-10-13/h4-10H,3H2,1-2H3,(H,15,16). The van der Waals surface area contributed by atoms with Crippen LogP contribution in [0.1, 0.15) is 12.6 Å². The van der Waals surface area contributed by atoms with Gasteiger partial charge in [-0.3, -0.25) is 4.72 Å². The zero-order valence-electron chi connectivity index (χ0n) is 11.3. The van der Waals surface area contributed by atoms with Crippen molar-refractivity contribution in [2.24, 2.45) is 0 Å². The summed E-state index contributed by atoms with van der Waals surface area (Å²) in [4.78, 5) is 4.39. The van der Waals surface area contributed by atoms with Crippen LogP contribution < -0.4 is 9.46 Å². The average Bonchev–Trinajstić information content (AvgIpc) is 2.47. The highest BCUT2D eigenvalue weighted by Crippen LogP contribution is 2.18. The maximum absolute atomic E-state index is 12.2. The molecule has 2 rings (SSSR count). The number of anilines is 1. The van der Waals surface area contributed by atoms with Gasteiger partial charge in [0.25, 0.3) is 10.0 Å². The molecule has 0 radical (unpaired) electrons. The Morgan fingerprint density at radius 1 is 1.15 bits per heavy atom. The van der Waals surface area contributed by atoms with E-state index in [-0.39, 0.29) is 4.90 Å². The predicted molar refractivity (Wildman–Crippen MR) is 77.4 cm³/mol. The van der Waals surface area contributed by atoms with Gasteiger partial charge in [-0.25, -0.2) is 13.4 Å². The van der Waals surface area contributed by atoms with Crippen LogP contribution in [0.3, 0.4) is 0 Å². The summed E-state index contributed by atoms with van der Waals surface area (Å²) in [5.41, 5.74) is 0.833. The molecule has 1 aromatic carbocycles. The maximum atomic E-state index is 12.2. The number of methoxy groups -OCH3 is 1. The van der Waals surface area contributed by atoms with Crippen molar-refractivity contribution >= 4 is 15.8 Å². The SMILES string of the molecule is CCc1cccc(NS(=O)(=O)c2ccc(OC)cc2)n1. The minimum absolute atomic E-state index is 0.169. The number of hydrogen-bond donors (Lipinski definition) is 1. The topological polar surface area (TPSA) is 68.3 Å². The number of hydrogen-bond acceptors (Lipinski definition) is 4. The Labute approximate surface area is 118 Å². The van der Waals surface area contributed by atoms with E-state index in [1.54, 1.807) is 24.3 Å². The van der Waals surface area contributed by atoms with Crippen molar-refractivity contribution in [3.05, 3.63) is 48.2 Å². The van der Waals surface area contributed by atoms with Gasteiger partial charge in [0.05, 0.1) is 12.0 Å². The molecular formula is C14H16N2O3S. The lowest BCUT2D eigenvalue weighted by molar-refractivity contribution is 0.414. The van der Waals surface area contributed by atoms with Crippen LogP contribution in [0.5, 0.6) is 5.75 Å². The van der Waals surface area contributed by atoms with Crippen molar-refractivity contribution in [1.29, 1.82) is 0 Å². The van der Waals surface area contributed by atoms with Crippen LogP contribution in [0, 0.1) is 0 Å². The Kier molecular flexibility index (Phi) is 4.24. The lowest BCUT2D eigenvalue weighted by Gasteiger charge is -2.08. The fourth-order valence-electron chi connectivity index (χ4n) is 1.68. The molecule has 0 aliphatic heterocycles. The van der Waals surface area contributed by atoms with E-state index < -0.39 is 10.0 Å². The zero-order chi connectivity index (χ0) is 14.6. The summed E-state index contributed by atoms with van der Waals surface area (Å²) in [6, 6.07) is 11.4. The summed E-state index contributed by atoms with van der Waals surface area (Å²) in [6.07, 6.45) is 0.748. The first-order valence-electron chi connectivity index (χ1n) is 6.18. The monoisotopic (exact) mass is 292 g/mol. The molecule has 106 valence electrons. The molecule has 5 nitrogen and oxygen atoms in total. The lowest BCUT2D eigenvalue weighted by atomic mass is 10.3. The smallest absolute Gasteiger partial charge is 0.263 e. The average molecular weight is 292 g/mol. The van der Waals surface area contributed by atoms with Crippen LogP contribution in [-0.2, 0) is 16.4 Å². The second-order valence-corrected chi connectivity index (χ2v) is 5.83. The molecule has 0 aliphatic rings. The molecule has 20 heavy (non-hydrogen) atoms. The number of pyridine rings is 1. The molecule has 0 saturated carbocycles. The summed E-state index contributed by atoms with van der Waals surface area (Å²) in [7, 11) is -2.10. The number of nitrogens with one attached hydrogen (secondary N) is 1. The summed E-state index contributed by atoms with van der Waals surface area (Å²) >= 11 is 0. The molecule has 1 heterocycles. The van der Waals surface area contributed by atoms with Crippen molar-refractivity contribution < 1.29 is 13.2 Å². The third-order valence-corrected chi connectivity index (χ3v) is 4.15. The Hall–Kier alpha value is -2.08. The second-order valence-electron chi connectivity index (χ2n) is 4.15. The van der Waals surface area contributed by atoms with Gasteiger partial charge < -0.3 is 4.74 Å². The summed E-state index contributed by atoms with van der Waals surface area (Å²) in [5.74, 6) is 0.926. The van der Waals surface area contributed by atoms with Crippen molar-refractivity contribution in [2.45, 2.75) is 18.2 Å². The van der Waals surface area contributed by atoms with E-state index in [0.29, 0.717) is 11.6 Å². The second kappa shape index (κ2) is 5.92. The molecule has 0 unspecified atom stereocenters. The maximum Gasteiger partial charge on any atom is 0.263 e. The number of aromatic nitrogens is 1. The van der Waals surface area contributed by atoms with Crippen molar-refractivity contribution in [2.75, 3.05) is 11.8 Å². The van der Waals surface area contributed by atoms with E-state index >= 15 is 0 Å². The van der Waals surface area contributed by atoms with E-state index in [1.807, 2.05) is 13.0 Å². The van der Waals surface area contributed by atoms with Gasteiger partial charge in [-0.15, -0.1) is 0 Å². The molecule has 0 fully saturated rings. The van der Waals surface area contributed by atoms with Gasteiger partial charge in [-0.2, -0.15) is 0 Å². The highest BCUT2D eigenvalue weighted by Gasteiger charge is 2.14. The fourth-order valence-corrected chi connectivity index (χ4v) is 2.69. The van der Waals surface area contributed by atoms with Crippen molar-refractivity contribution in [3.8, 4) is 5.75 Å². The number of sulfonamides is 1. The molecule has 0 atom stereocenters. The molecule has 2 aromatic rings. The van der Waals surface area contributed by atoms with Gasteiger partial charge in [-0.1, -0.05) is 13.0 Å². The quantitative estimate of drug-likeness (QED) is 0.919. The highest BCUT2D eigenvalue weighted by molar-refractivity contribution is 7.92. The van der Waals surface area contributed by atoms with Crippen LogP contribution in [0.2, 0.25) is 0 Å². The zero-order valence-corrected chi connectivity index (χ0v) is 12.1. The minimum Gasteiger partial charge on any atom is -0.497 e. The molecular weight excluding hydrogens is 276 g/mol. The van der Waals surface area contributed by atoms with Crippen LogP contribution in [0.15, 0.2) is 47.4 Å². The summed E-state index contributed by atoms with van der Waals surface area (Å²) < 4.78 is 31.9. The van der Waals surface area contributed by atoms with E-state index in [2.05, 4.69) is 9.71 Å². The van der Waals surface area contributed by atoms with E-state index in [1.165, 1.54) is 19.2 Å². The number of ether oxygens (including phenoxy) is 1. The van der Waals surface area contributed by atoms with Gasteiger partial charge >= 0.3 is 0 Å². The summed E-state index contributed by atoms with van der Waals surface area (Å²) in [5, 5.41) is 0. The summed E-state index contributed by atoms with van der Waals surface area (Å²) in [6.45, 7) is 1.96. The Bertz CT molecular complexity index is 682. The number of nitrogens with zero attached hydrogens (tertiary/aromatic N) is 1. The van der Waals surface area contributed by atoms with E-state index in [0.717, 1.165) is 12.1 Å². The van der Waals surface area contributed by atoms with Crippen LogP contribution >= 0.6 is 0 Å². The molecule has 0 bridgehead atoms. The van der Waals surface area contributed by atoms with Crippen LogP contribution in [-0.4, -0.2) is 20.5 Å². The minimum atomic E-state index is -3.63. The Morgan fingerprint density at radius 2 is 1.85 bits per heavy atom. The molecule has 0 spiro atoms. The Morgan fingerprint density at radius 3 is 2.45 bits per heavy atom. The Balaban J connectivity index is 2.25. The molecule has 1 N–H and O–H groups in total. The first kappa shape index (κ1) is 14.3. The van der Waals surface area contributed by atoms with Gasteiger partial charge in [0.15, 0.2) is 0 Å². The molecule has 1 aromatic heterocycles. The van der Waals surface area contributed by atoms with Crippen LogP contribution in [0.25, 0.3) is 0 Å². The van der Waals surface area contributed by atoms with Crippen molar-refractivity contribution in [3.63, 3.8) is 0 Å². The molecule has 0 amide bonds. The van der Waals surface area contributed by atoms with Gasteiger partial charge in [0.1, 0.15) is 11.6 Å². The number of benzene rings is 1. The predicted octanol–water partition coefficient (Wildman–Crippen LogP) is 2.45. The first-order valence-corrected chi connectivity index (χ1v) is 7.66. The largest absolute Gasteiger partial charge is 0.497 e. The highest BCUT2D eigenvalue weighted by atomic mass is 32.2. The fraction of sp³-hybridized carbons (Fsp3) is 0.214. The van der Waals surface area contributed by atoms with Crippen LogP contribution in [0.4, 0.5) is 5.82 Å². The number of rotatable bonds is 5. The molecule has 6 heteroatoms. The number of aryl methyl sites for hydroxylation is 1.